The van der Waals surface area contributed by atoms with Crippen molar-refractivity contribution in [1.29, 1.82) is 0 Å². The second-order valence-electron chi connectivity index (χ2n) is 6.52. The maximum Gasteiger partial charge on any atom is 0.205 e. The molecule has 1 aliphatic heterocycles. The first-order chi connectivity index (χ1) is 12.8. The number of hydrogen-bond donors (Lipinski definition) is 0. The van der Waals surface area contributed by atoms with E-state index in [2.05, 4.69) is 37.4 Å². The average molecular weight is 350 g/mol. The Morgan fingerprint density at radius 2 is 2.08 bits per heavy atom. The zero-order chi connectivity index (χ0) is 17.8. The highest BCUT2D eigenvalue weighted by atomic mass is 16.5. The first-order valence-electron chi connectivity index (χ1n) is 8.87. The van der Waals surface area contributed by atoms with E-state index in [4.69, 9.17) is 4.74 Å². The fraction of sp³-hybridized carbons (Fsp3) is 0.368. The van der Waals surface area contributed by atoms with Crippen LogP contribution in [0.25, 0.3) is 11.4 Å². The van der Waals surface area contributed by atoms with Crippen LogP contribution in [-0.4, -0.2) is 49.8 Å². The zero-order valence-electron chi connectivity index (χ0n) is 14.8. The van der Waals surface area contributed by atoms with Crippen molar-refractivity contribution in [1.82, 2.24) is 30.1 Å². The summed E-state index contributed by atoms with van der Waals surface area (Å²) in [6.45, 7) is 2.75. The van der Waals surface area contributed by atoms with E-state index in [9.17, 15) is 0 Å². The summed E-state index contributed by atoms with van der Waals surface area (Å²) < 4.78 is 5.33. The minimum Gasteiger partial charge on any atom is -0.497 e. The molecule has 2 aromatic heterocycles. The molecule has 0 N–H and O–H groups in total. The maximum atomic E-state index is 5.33. The van der Waals surface area contributed by atoms with Crippen LogP contribution < -0.4 is 4.74 Å². The van der Waals surface area contributed by atoms with E-state index in [-0.39, 0.29) is 0 Å². The molecule has 1 aromatic carbocycles. The Bertz CT molecular complexity index is 850. The van der Waals surface area contributed by atoms with Crippen molar-refractivity contribution >= 4 is 0 Å². The highest BCUT2D eigenvalue weighted by Crippen LogP contribution is 2.23. The summed E-state index contributed by atoms with van der Waals surface area (Å²) in [5, 5.41) is 12.9. The van der Waals surface area contributed by atoms with Crippen LogP contribution in [0.5, 0.6) is 5.75 Å². The Morgan fingerprint density at radius 1 is 1.19 bits per heavy atom. The molecule has 7 nitrogen and oxygen atoms in total. The van der Waals surface area contributed by atoms with Gasteiger partial charge in [-0.25, -0.2) is 0 Å². The molecule has 4 rings (SSSR count). The molecule has 134 valence electrons. The number of nitrogens with zero attached hydrogens (tertiary/aromatic N) is 6. The van der Waals surface area contributed by atoms with Crippen LogP contribution in [-0.2, 0) is 13.1 Å². The smallest absolute Gasteiger partial charge is 0.205 e. The molecule has 0 amide bonds. The lowest BCUT2D eigenvalue weighted by Crippen LogP contribution is -2.33. The molecular formula is C19H22N6O. The largest absolute Gasteiger partial charge is 0.497 e. The van der Waals surface area contributed by atoms with Gasteiger partial charge in [-0.2, -0.15) is 4.80 Å². The normalized spacial score (nSPS) is 17.5. The third-order valence-electron chi connectivity index (χ3n) is 4.78. The van der Waals surface area contributed by atoms with E-state index < -0.39 is 0 Å². The van der Waals surface area contributed by atoms with Crippen LogP contribution in [0.2, 0.25) is 0 Å². The summed E-state index contributed by atoms with van der Waals surface area (Å²) in [4.78, 5) is 8.23. The predicted octanol–water partition coefficient (Wildman–Crippen LogP) is 2.41. The lowest BCUT2D eigenvalue weighted by Gasteiger charge is -2.24. The second kappa shape index (κ2) is 7.61. The molecule has 3 aromatic rings. The van der Waals surface area contributed by atoms with Gasteiger partial charge in [-0.05, 0) is 54.4 Å². The molecule has 0 spiro atoms. The van der Waals surface area contributed by atoms with E-state index >= 15 is 0 Å². The van der Waals surface area contributed by atoms with E-state index in [0.717, 1.165) is 37.4 Å². The fourth-order valence-electron chi connectivity index (χ4n) is 3.44. The molecule has 3 heterocycles. The van der Waals surface area contributed by atoms with Crippen LogP contribution >= 0.6 is 0 Å². The number of methoxy groups -OCH3 is 1. The monoisotopic (exact) mass is 350 g/mol. The summed E-state index contributed by atoms with van der Waals surface area (Å²) in [6.07, 6.45) is 5.82. The Labute approximate surface area is 152 Å². The minimum absolute atomic E-state index is 0.417. The van der Waals surface area contributed by atoms with Gasteiger partial charge in [0.05, 0.1) is 13.7 Å². The van der Waals surface area contributed by atoms with Gasteiger partial charge in [0.15, 0.2) is 0 Å². The van der Waals surface area contributed by atoms with Crippen LogP contribution in [0.3, 0.4) is 0 Å². The molecule has 1 saturated heterocycles. The SMILES string of the molecule is COc1cccc(CN2CCC[C@@H]2Cn2nnc(-c3ccncc3)n2)c1. The van der Waals surface area contributed by atoms with E-state index in [1.807, 2.05) is 24.3 Å². The van der Waals surface area contributed by atoms with Crippen molar-refractivity contribution in [2.75, 3.05) is 13.7 Å². The first kappa shape index (κ1) is 16.7. The quantitative estimate of drug-likeness (QED) is 0.680. The van der Waals surface area contributed by atoms with Crippen molar-refractivity contribution < 1.29 is 4.74 Å². The van der Waals surface area contributed by atoms with Gasteiger partial charge < -0.3 is 4.74 Å². The van der Waals surface area contributed by atoms with Gasteiger partial charge >= 0.3 is 0 Å². The van der Waals surface area contributed by atoms with Crippen molar-refractivity contribution in [2.24, 2.45) is 0 Å². The molecular weight excluding hydrogens is 328 g/mol. The van der Waals surface area contributed by atoms with Gasteiger partial charge in [0, 0.05) is 30.5 Å². The van der Waals surface area contributed by atoms with Crippen molar-refractivity contribution in [3.05, 3.63) is 54.4 Å². The number of likely N-dealkylation sites (tertiary alicyclic amines) is 1. The maximum absolute atomic E-state index is 5.33. The van der Waals surface area contributed by atoms with Gasteiger partial charge in [0.2, 0.25) is 5.82 Å². The number of rotatable bonds is 6. The highest BCUT2D eigenvalue weighted by Gasteiger charge is 2.26. The van der Waals surface area contributed by atoms with E-state index in [1.165, 1.54) is 12.0 Å². The number of benzene rings is 1. The topological polar surface area (TPSA) is 69.0 Å². The lowest BCUT2D eigenvalue weighted by molar-refractivity contribution is 0.211. The number of pyridine rings is 1. The molecule has 0 bridgehead atoms. The lowest BCUT2D eigenvalue weighted by atomic mass is 10.1. The standard InChI is InChI=1S/C19H22N6O/c1-26-18-6-2-4-15(12-18)13-24-11-3-5-17(24)14-25-22-19(21-23-25)16-7-9-20-10-8-16/h2,4,6-10,12,17H,3,5,11,13-14H2,1H3/t17-/m1/s1. The van der Waals surface area contributed by atoms with Crippen molar-refractivity contribution in [3.8, 4) is 17.1 Å². The predicted molar refractivity (Wildman–Crippen MR) is 97.5 cm³/mol. The Kier molecular flexibility index (Phi) is 4.88. The minimum atomic E-state index is 0.417. The Morgan fingerprint density at radius 3 is 2.92 bits per heavy atom. The molecule has 1 fully saturated rings. The Hall–Kier alpha value is -2.80. The third kappa shape index (κ3) is 3.72. The molecule has 0 saturated carbocycles. The summed E-state index contributed by atoms with van der Waals surface area (Å²) >= 11 is 0. The number of ether oxygens (including phenoxy) is 1. The first-order valence-corrected chi connectivity index (χ1v) is 8.87. The van der Waals surface area contributed by atoms with Crippen LogP contribution in [0.15, 0.2) is 48.8 Å². The van der Waals surface area contributed by atoms with Crippen LogP contribution in [0, 0.1) is 0 Å². The number of hydrogen-bond acceptors (Lipinski definition) is 6. The fourth-order valence-corrected chi connectivity index (χ4v) is 3.44. The summed E-state index contributed by atoms with van der Waals surface area (Å²) in [7, 11) is 1.70. The van der Waals surface area contributed by atoms with Crippen molar-refractivity contribution in [3.63, 3.8) is 0 Å². The van der Waals surface area contributed by atoms with Crippen LogP contribution in [0.1, 0.15) is 18.4 Å². The second-order valence-corrected chi connectivity index (χ2v) is 6.52. The summed E-state index contributed by atoms with van der Waals surface area (Å²) in [6, 6.07) is 12.5. The van der Waals surface area contributed by atoms with Crippen LogP contribution in [0.4, 0.5) is 0 Å². The zero-order valence-corrected chi connectivity index (χ0v) is 14.8. The Balaban J connectivity index is 1.43. The molecule has 1 atom stereocenters. The molecule has 1 aliphatic rings. The van der Waals surface area contributed by atoms with Gasteiger partial charge in [0.25, 0.3) is 0 Å². The molecule has 0 unspecified atom stereocenters. The van der Waals surface area contributed by atoms with E-state index in [1.54, 1.807) is 24.3 Å². The number of tetrazole rings is 1. The molecule has 0 radical (unpaired) electrons. The summed E-state index contributed by atoms with van der Waals surface area (Å²) in [5.74, 6) is 1.54. The van der Waals surface area contributed by atoms with Gasteiger partial charge in [-0.1, -0.05) is 12.1 Å². The average Bonchev–Trinajstić information content (AvgIpc) is 3.33. The summed E-state index contributed by atoms with van der Waals surface area (Å²) in [5.41, 5.74) is 2.20. The van der Waals surface area contributed by atoms with E-state index in [0.29, 0.717) is 11.9 Å². The molecule has 26 heavy (non-hydrogen) atoms. The van der Waals surface area contributed by atoms with Gasteiger partial charge in [0.1, 0.15) is 5.75 Å². The van der Waals surface area contributed by atoms with Gasteiger partial charge in [-0.3, -0.25) is 9.88 Å². The third-order valence-corrected chi connectivity index (χ3v) is 4.78. The highest BCUT2D eigenvalue weighted by molar-refractivity contribution is 5.51. The van der Waals surface area contributed by atoms with Gasteiger partial charge in [-0.15, -0.1) is 10.2 Å². The molecule has 7 heteroatoms. The molecule has 0 aliphatic carbocycles. The number of aromatic nitrogens is 5. The van der Waals surface area contributed by atoms with Crippen molar-refractivity contribution in [2.45, 2.75) is 32.0 Å².